The monoisotopic (exact) mass is 273 g/mol. The molecule has 3 rings (SSSR count). The lowest BCUT2D eigenvalue weighted by atomic mass is 10.1. The molecule has 0 unspecified atom stereocenters. The van der Waals surface area contributed by atoms with E-state index < -0.39 is 0 Å². The maximum absolute atomic E-state index is 5.74. The van der Waals surface area contributed by atoms with Crippen molar-refractivity contribution in [3.8, 4) is 0 Å². The lowest BCUT2D eigenvalue weighted by Gasteiger charge is -2.39. The first-order chi connectivity index (χ1) is 9.74. The van der Waals surface area contributed by atoms with Crippen molar-refractivity contribution in [1.82, 2.24) is 19.9 Å². The number of aromatic nitrogens is 4. The summed E-state index contributed by atoms with van der Waals surface area (Å²) in [7, 11) is 1.71. The van der Waals surface area contributed by atoms with Gasteiger partial charge >= 0.3 is 0 Å². The largest absolute Gasteiger partial charge is 0.378 e. The van der Waals surface area contributed by atoms with Gasteiger partial charge in [-0.1, -0.05) is 0 Å². The lowest BCUT2D eigenvalue weighted by molar-refractivity contribution is 0.0783. The first-order valence-electron chi connectivity index (χ1n) is 6.20. The van der Waals surface area contributed by atoms with Gasteiger partial charge in [0.1, 0.15) is 17.5 Å². The van der Waals surface area contributed by atoms with E-state index >= 15 is 0 Å². The van der Waals surface area contributed by atoms with E-state index in [1.165, 1.54) is 0 Å². The molecule has 1 fully saturated rings. The van der Waals surface area contributed by atoms with Gasteiger partial charge in [-0.15, -0.1) is 0 Å². The minimum atomic E-state index is 0.217. The van der Waals surface area contributed by atoms with Crippen molar-refractivity contribution in [2.75, 3.05) is 36.1 Å². The summed E-state index contributed by atoms with van der Waals surface area (Å²) in [5, 5.41) is 3.05. The van der Waals surface area contributed by atoms with Crippen LogP contribution in [-0.2, 0) is 4.74 Å². The standard InChI is InChI=1S/C12H15N7O/c1-20-8-6-19(7-8)11-4-9(17-12(13)18-11)16-10-5-14-2-3-15-10/h2-5,8H,6-7H2,1H3,(H3,13,15,16,17,18). The Morgan fingerprint density at radius 3 is 2.85 bits per heavy atom. The quantitative estimate of drug-likeness (QED) is 0.826. The molecule has 0 radical (unpaired) electrons. The third-order valence-corrected chi connectivity index (χ3v) is 3.05. The van der Waals surface area contributed by atoms with Crippen LogP contribution < -0.4 is 16.0 Å². The van der Waals surface area contributed by atoms with E-state index in [0.29, 0.717) is 11.6 Å². The number of ether oxygens (including phenoxy) is 1. The third kappa shape index (κ3) is 2.59. The predicted octanol–water partition coefficient (Wildman–Crippen LogP) is 0.427. The molecule has 0 bridgehead atoms. The predicted molar refractivity (Wildman–Crippen MR) is 74.8 cm³/mol. The summed E-state index contributed by atoms with van der Waals surface area (Å²) in [6, 6.07) is 1.83. The number of rotatable bonds is 4. The molecule has 1 saturated heterocycles. The van der Waals surface area contributed by atoms with E-state index in [4.69, 9.17) is 10.5 Å². The molecule has 1 aliphatic heterocycles. The molecule has 1 aliphatic rings. The summed E-state index contributed by atoms with van der Waals surface area (Å²) in [6.07, 6.45) is 5.08. The fourth-order valence-corrected chi connectivity index (χ4v) is 1.95. The van der Waals surface area contributed by atoms with Crippen LogP contribution in [0.25, 0.3) is 0 Å². The highest BCUT2D eigenvalue weighted by molar-refractivity contribution is 5.59. The normalized spacial score (nSPS) is 14.9. The molecule has 0 saturated carbocycles. The van der Waals surface area contributed by atoms with Crippen LogP contribution in [0.3, 0.4) is 0 Å². The summed E-state index contributed by atoms with van der Waals surface area (Å²) >= 11 is 0. The van der Waals surface area contributed by atoms with Gasteiger partial charge in [-0.2, -0.15) is 9.97 Å². The van der Waals surface area contributed by atoms with Crippen LogP contribution in [0.2, 0.25) is 0 Å². The van der Waals surface area contributed by atoms with E-state index in [0.717, 1.165) is 18.9 Å². The van der Waals surface area contributed by atoms with Gasteiger partial charge in [0, 0.05) is 38.7 Å². The van der Waals surface area contributed by atoms with Gasteiger partial charge in [0.25, 0.3) is 0 Å². The number of methoxy groups -OCH3 is 1. The van der Waals surface area contributed by atoms with E-state index in [9.17, 15) is 0 Å². The number of nitrogens with zero attached hydrogens (tertiary/aromatic N) is 5. The Morgan fingerprint density at radius 1 is 1.30 bits per heavy atom. The van der Waals surface area contributed by atoms with E-state index in [2.05, 4.69) is 30.2 Å². The highest BCUT2D eigenvalue weighted by Gasteiger charge is 2.28. The fourth-order valence-electron chi connectivity index (χ4n) is 1.95. The number of nitrogens with two attached hydrogens (primary N) is 1. The van der Waals surface area contributed by atoms with Gasteiger partial charge in [-0.25, -0.2) is 4.98 Å². The molecule has 2 aromatic heterocycles. The van der Waals surface area contributed by atoms with Crippen molar-refractivity contribution in [3.05, 3.63) is 24.7 Å². The smallest absolute Gasteiger partial charge is 0.223 e. The molecule has 3 N–H and O–H groups in total. The number of nitrogen functional groups attached to an aromatic ring is 1. The van der Waals surface area contributed by atoms with Gasteiger partial charge in [0.05, 0.1) is 12.3 Å². The van der Waals surface area contributed by atoms with Crippen molar-refractivity contribution in [3.63, 3.8) is 0 Å². The van der Waals surface area contributed by atoms with E-state index in [1.807, 2.05) is 6.07 Å². The molecule has 8 heteroatoms. The molecule has 0 amide bonds. The number of hydrogen-bond donors (Lipinski definition) is 2. The van der Waals surface area contributed by atoms with Crippen molar-refractivity contribution in [2.45, 2.75) is 6.10 Å². The van der Waals surface area contributed by atoms with Gasteiger partial charge in [0.2, 0.25) is 5.95 Å². The molecule has 2 aromatic rings. The average molecular weight is 273 g/mol. The number of anilines is 4. The van der Waals surface area contributed by atoms with Crippen LogP contribution >= 0.6 is 0 Å². The number of hydrogen-bond acceptors (Lipinski definition) is 8. The van der Waals surface area contributed by atoms with Gasteiger partial charge in [-0.05, 0) is 0 Å². The Labute approximate surface area is 116 Å². The Kier molecular flexibility index (Phi) is 3.30. The minimum absolute atomic E-state index is 0.217. The summed E-state index contributed by atoms with van der Waals surface area (Å²) < 4.78 is 5.24. The van der Waals surface area contributed by atoms with Crippen LogP contribution in [0.15, 0.2) is 24.7 Å². The molecular weight excluding hydrogens is 258 g/mol. The Balaban J connectivity index is 1.77. The Hall–Kier alpha value is -2.48. The Bertz CT molecular complexity index is 586. The van der Waals surface area contributed by atoms with Crippen LogP contribution in [0.5, 0.6) is 0 Å². The van der Waals surface area contributed by atoms with Crippen molar-refractivity contribution in [1.29, 1.82) is 0 Å². The van der Waals surface area contributed by atoms with E-state index in [-0.39, 0.29) is 12.1 Å². The van der Waals surface area contributed by atoms with Crippen molar-refractivity contribution in [2.24, 2.45) is 0 Å². The van der Waals surface area contributed by atoms with Crippen LogP contribution in [0.4, 0.5) is 23.4 Å². The van der Waals surface area contributed by atoms with Crippen molar-refractivity contribution >= 4 is 23.4 Å². The second-order valence-electron chi connectivity index (χ2n) is 4.45. The van der Waals surface area contributed by atoms with Gasteiger partial charge in [-0.3, -0.25) is 4.98 Å². The second kappa shape index (κ2) is 5.25. The van der Waals surface area contributed by atoms with Crippen LogP contribution in [0.1, 0.15) is 0 Å². The first-order valence-corrected chi connectivity index (χ1v) is 6.20. The SMILES string of the molecule is COC1CN(c2cc(Nc3cnccn3)nc(N)n2)C1. The summed E-state index contributed by atoms with van der Waals surface area (Å²) in [5.41, 5.74) is 5.74. The maximum Gasteiger partial charge on any atom is 0.223 e. The van der Waals surface area contributed by atoms with Crippen LogP contribution in [0, 0.1) is 0 Å². The first kappa shape index (κ1) is 12.5. The maximum atomic E-state index is 5.74. The topological polar surface area (TPSA) is 102 Å². The summed E-state index contributed by atoms with van der Waals surface area (Å²) in [4.78, 5) is 18.6. The molecular formula is C12H15N7O. The lowest BCUT2D eigenvalue weighted by Crippen LogP contribution is -2.52. The molecule has 3 heterocycles. The zero-order valence-electron chi connectivity index (χ0n) is 11.0. The molecule has 0 aliphatic carbocycles. The third-order valence-electron chi connectivity index (χ3n) is 3.05. The van der Waals surface area contributed by atoms with Crippen LogP contribution in [-0.4, -0.2) is 46.2 Å². The zero-order chi connectivity index (χ0) is 13.9. The molecule has 104 valence electrons. The highest BCUT2D eigenvalue weighted by atomic mass is 16.5. The fraction of sp³-hybridized carbons (Fsp3) is 0.333. The second-order valence-corrected chi connectivity index (χ2v) is 4.45. The highest BCUT2D eigenvalue weighted by Crippen LogP contribution is 2.24. The molecule has 0 spiro atoms. The molecule has 0 atom stereocenters. The molecule has 8 nitrogen and oxygen atoms in total. The Morgan fingerprint density at radius 2 is 2.15 bits per heavy atom. The zero-order valence-corrected chi connectivity index (χ0v) is 11.0. The molecule has 0 aromatic carbocycles. The summed E-state index contributed by atoms with van der Waals surface area (Å²) in [6.45, 7) is 1.61. The minimum Gasteiger partial charge on any atom is -0.378 e. The van der Waals surface area contributed by atoms with Gasteiger partial charge in [0.15, 0.2) is 0 Å². The van der Waals surface area contributed by atoms with Crippen molar-refractivity contribution < 1.29 is 4.74 Å². The van der Waals surface area contributed by atoms with E-state index in [1.54, 1.807) is 25.7 Å². The number of nitrogens with one attached hydrogen (secondary N) is 1. The summed E-state index contributed by atoms with van der Waals surface area (Å²) in [5.74, 6) is 2.19. The van der Waals surface area contributed by atoms with Gasteiger partial charge < -0.3 is 20.7 Å². The molecule has 20 heavy (non-hydrogen) atoms. The average Bonchev–Trinajstić information content (AvgIpc) is 2.38.